The third-order valence-electron chi connectivity index (χ3n) is 4.33. The summed E-state index contributed by atoms with van der Waals surface area (Å²) in [7, 11) is 1.74. The van der Waals surface area contributed by atoms with Crippen LogP contribution in [0.3, 0.4) is 0 Å². The van der Waals surface area contributed by atoms with E-state index in [0.29, 0.717) is 13.0 Å². The summed E-state index contributed by atoms with van der Waals surface area (Å²) in [6, 6.07) is 0. The Morgan fingerprint density at radius 3 is 2.62 bits per heavy atom. The largest absolute Gasteiger partial charge is 0.481 e. The topological polar surface area (TPSA) is 86.3 Å². The fraction of sp³-hybridized carbons (Fsp3) is 0.667. The van der Waals surface area contributed by atoms with Gasteiger partial charge in [-0.25, -0.2) is 4.98 Å². The zero-order chi connectivity index (χ0) is 15.3. The van der Waals surface area contributed by atoms with Crippen LogP contribution < -0.4 is 0 Å². The van der Waals surface area contributed by atoms with Crippen molar-refractivity contribution in [2.24, 2.45) is 5.41 Å². The first kappa shape index (κ1) is 15.5. The van der Waals surface area contributed by atoms with Crippen molar-refractivity contribution in [3.8, 4) is 0 Å². The van der Waals surface area contributed by atoms with E-state index in [2.05, 4.69) is 9.97 Å². The Labute approximate surface area is 124 Å². The Morgan fingerprint density at radius 2 is 2.05 bits per heavy atom. The zero-order valence-electron chi connectivity index (χ0n) is 12.5. The summed E-state index contributed by atoms with van der Waals surface area (Å²) in [5, 5.41) is 9.15. The molecule has 116 valence electrons. The smallest absolute Gasteiger partial charge is 0.303 e. The van der Waals surface area contributed by atoms with Crippen molar-refractivity contribution in [3.05, 3.63) is 18.2 Å². The summed E-state index contributed by atoms with van der Waals surface area (Å²) in [5.41, 5.74) is -0.363. The van der Waals surface area contributed by atoms with Crippen molar-refractivity contribution in [1.29, 1.82) is 0 Å². The summed E-state index contributed by atoms with van der Waals surface area (Å²) in [5.74, 6) is -0.0743. The fourth-order valence-corrected chi connectivity index (χ4v) is 3.19. The minimum Gasteiger partial charge on any atom is -0.481 e. The van der Waals surface area contributed by atoms with E-state index in [-0.39, 0.29) is 17.7 Å². The van der Waals surface area contributed by atoms with Gasteiger partial charge in [0, 0.05) is 25.9 Å². The monoisotopic (exact) mass is 293 g/mol. The number of carboxylic acid groups (broad SMARTS) is 1. The highest BCUT2D eigenvalue weighted by Crippen LogP contribution is 2.42. The SMILES string of the molecule is CN(Cc1ncc[nH]1)C(=O)CC1(CC(=O)O)CCCCC1. The average molecular weight is 293 g/mol. The molecule has 1 aromatic heterocycles. The van der Waals surface area contributed by atoms with Crippen LogP contribution in [0.1, 0.15) is 50.8 Å². The van der Waals surface area contributed by atoms with Gasteiger partial charge in [-0.1, -0.05) is 19.3 Å². The van der Waals surface area contributed by atoms with Gasteiger partial charge in [-0.3, -0.25) is 9.59 Å². The molecule has 0 saturated heterocycles. The normalized spacial score (nSPS) is 17.4. The molecule has 0 unspecified atom stereocenters. The standard InChI is InChI=1S/C15H23N3O3/c1-18(11-12-16-7-8-17-12)13(19)9-15(10-14(20)21)5-3-2-4-6-15/h7-8H,2-6,9-11H2,1H3,(H,16,17)(H,20,21). The van der Waals surface area contributed by atoms with Crippen LogP contribution in [-0.4, -0.2) is 38.9 Å². The number of nitrogens with zero attached hydrogens (tertiary/aromatic N) is 2. The van der Waals surface area contributed by atoms with E-state index >= 15 is 0 Å². The second kappa shape index (κ2) is 6.74. The lowest BCUT2D eigenvalue weighted by Crippen LogP contribution is -2.36. The Bertz CT molecular complexity index is 478. The highest BCUT2D eigenvalue weighted by molar-refractivity contribution is 5.78. The van der Waals surface area contributed by atoms with Gasteiger partial charge >= 0.3 is 5.97 Å². The maximum atomic E-state index is 12.4. The molecule has 2 N–H and O–H groups in total. The molecule has 1 amide bonds. The number of aromatic amines is 1. The predicted molar refractivity (Wildman–Crippen MR) is 77.4 cm³/mol. The molecular weight excluding hydrogens is 270 g/mol. The van der Waals surface area contributed by atoms with Gasteiger partial charge in [0.1, 0.15) is 5.82 Å². The summed E-state index contributed by atoms with van der Waals surface area (Å²) in [4.78, 5) is 32.3. The quantitative estimate of drug-likeness (QED) is 0.841. The molecule has 1 aromatic rings. The number of imidazole rings is 1. The number of aliphatic carboxylic acids is 1. The van der Waals surface area contributed by atoms with Gasteiger partial charge < -0.3 is 15.0 Å². The number of nitrogens with one attached hydrogen (secondary N) is 1. The molecule has 0 aromatic carbocycles. The average Bonchev–Trinajstić information content (AvgIpc) is 2.91. The Hall–Kier alpha value is -1.85. The lowest BCUT2D eigenvalue weighted by Gasteiger charge is -2.36. The summed E-state index contributed by atoms with van der Waals surface area (Å²) in [6.45, 7) is 0.426. The number of carbonyl (C=O) groups is 2. The number of hydrogen-bond donors (Lipinski definition) is 2. The highest BCUT2D eigenvalue weighted by atomic mass is 16.4. The minimum absolute atomic E-state index is 0.00505. The molecule has 1 aliphatic carbocycles. The molecule has 1 aliphatic rings. The van der Waals surface area contributed by atoms with Gasteiger partial charge in [0.25, 0.3) is 0 Å². The molecule has 2 rings (SSSR count). The Morgan fingerprint density at radius 1 is 1.33 bits per heavy atom. The highest BCUT2D eigenvalue weighted by Gasteiger charge is 2.37. The third-order valence-corrected chi connectivity index (χ3v) is 4.33. The molecule has 0 aliphatic heterocycles. The van der Waals surface area contributed by atoms with Crippen molar-refractivity contribution in [1.82, 2.24) is 14.9 Å². The molecule has 21 heavy (non-hydrogen) atoms. The number of H-pyrrole nitrogens is 1. The molecule has 0 spiro atoms. The molecule has 1 fully saturated rings. The van der Waals surface area contributed by atoms with Crippen molar-refractivity contribution in [3.63, 3.8) is 0 Å². The van der Waals surface area contributed by atoms with E-state index in [0.717, 1.165) is 37.9 Å². The maximum absolute atomic E-state index is 12.4. The van der Waals surface area contributed by atoms with Crippen LogP contribution in [0.2, 0.25) is 0 Å². The minimum atomic E-state index is -0.807. The van der Waals surface area contributed by atoms with E-state index in [1.165, 1.54) is 0 Å². The molecule has 0 atom stereocenters. The first-order valence-electron chi connectivity index (χ1n) is 7.45. The fourth-order valence-electron chi connectivity index (χ4n) is 3.19. The molecular formula is C15H23N3O3. The van der Waals surface area contributed by atoms with Gasteiger partial charge in [0.05, 0.1) is 13.0 Å². The van der Waals surface area contributed by atoms with Crippen molar-refractivity contribution in [2.75, 3.05) is 7.05 Å². The van der Waals surface area contributed by atoms with Gasteiger partial charge in [-0.05, 0) is 18.3 Å². The van der Waals surface area contributed by atoms with E-state index < -0.39 is 5.97 Å². The van der Waals surface area contributed by atoms with Crippen LogP contribution in [0.15, 0.2) is 12.4 Å². The number of amides is 1. The maximum Gasteiger partial charge on any atom is 0.303 e. The van der Waals surface area contributed by atoms with Crippen molar-refractivity contribution in [2.45, 2.75) is 51.5 Å². The van der Waals surface area contributed by atoms with Crippen LogP contribution in [0.25, 0.3) is 0 Å². The molecule has 6 heteroatoms. The predicted octanol–water partition coefficient (Wildman–Crippen LogP) is 2.18. The van der Waals surface area contributed by atoms with Crippen LogP contribution in [0.4, 0.5) is 0 Å². The number of hydrogen-bond acceptors (Lipinski definition) is 3. The van der Waals surface area contributed by atoms with Crippen molar-refractivity contribution < 1.29 is 14.7 Å². The molecule has 1 heterocycles. The Balaban J connectivity index is 1.98. The van der Waals surface area contributed by atoms with E-state index in [1.54, 1.807) is 24.3 Å². The van der Waals surface area contributed by atoms with Gasteiger partial charge in [0.2, 0.25) is 5.91 Å². The number of aromatic nitrogens is 2. The first-order chi connectivity index (χ1) is 10.0. The second-order valence-corrected chi connectivity index (χ2v) is 6.09. The van der Waals surface area contributed by atoms with Gasteiger partial charge in [-0.15, -0.1) is 0 Å². The second-order valence-electron chi connectivity index (χ2n) is 6.09. The molecule has 6 nitrogen and oxygen atoms in total. The third kappa shape index (κ3) is 4.31. The number of carbonyl (C=O) groups excluding carboxylic acids is 1. The molecule has 0 radical (unpaired) electrons. The Kier molecular flexibility index (Phi) is 4.98. The summed E-state index contributed by atoms with van der Waals surface area (Å²) in [6.07, 6.45) is 8.62. The number of rotatable bonds is 6. The van der Waals surface area contributed by atoms with Crippen LogP contribution >= 0.6 is 0 Å². The van der Waals surface area contributed by atoms with E-state index in [1.807, 2.05) is 0 Å². The van der Waals surface area contributed by atoms with Gasteiger partial charge in [-0.2, -0.15) is 0 Å². The zero-order valence-corrected chi connectivity index (χ0v) is 12.5. The molecule has 0 bridgehead atoms. The lowest BCUT2D eigenvalue weighted by molar-refractivity contribution is -0.142. The summed E-state index contributed by atoms with van der Waals surface area (Å²) >= 11 is 0. The van der Waals surface area contributed by atoms with Gasteiger partial charge in [0.15, 0.2) is 0 Å². The number of carboxylic acids is 1. The summed E-state index contributed by atoms with van der Waals surface area (Å²) < 4.78 is 0. The molecule has 1 saturated carbocycles. The van der Waals surface area contributed by atoms with Crippen LogP contribution in [0.5, 0.6) is 0 Å². The van der Waals surface area contributed by atoms with Crippen LogP contribution in [0, 0.1) is 5.41 Å². The lowest BCUT2D eigenvalue weighted by atomic mass is 9.69. The van der Waals surface area contributed by atoms with E-state index in [4.69, 9.17) is 5.11 Å². The van der Waals surface area contributed by atoms with E-state index in [9.17, 15) is 9.59 Å². The van der Waals surface area contributed by atoms with Crippen molar-refractivity contribution >= 4 is 11.9 Å². The first-order valence-corrected chi connectivity index (χ1v) is 7.45. The van der Waals surface area contributed by atoms with Crippen LogP contribution in [-0.2, 0) is 16.1 Å².